The van der Waals surface area contributed by atoms with E-state index in [-0.39, 0.29) is 28.0 Å². The van der Waals surface area contributed by atoms with E-state index in [9.17, 15) is 13.5 Å². The largest absolute Gasteiger partial charge is 0.495 e. The fourth-order valence-corrected chi connectivity index (χ4v) is 3.73. The maximum atomic E-state index is 12.6. The molecule has 8 heteroatoms. The number of hydrogen-bond acceptors (Lipinski definition) is 4. The van der Waals surface area contributed by atoms with E-state index in [0.29, 0.717) is 10.0 Å². The van der Waals surface area contributed by atoms with Crippen molar-refractivity contribution in [3.05, 3.63) is 51.5 Å². The highest BCUT2D eigenvalue weighted by Crippen LogP contribution is 2.30. The third-order valence-corrected chi connectivity index (χ3v) is 5.02. The molecule has 0 atom stereocenters. The van der Waals surface area contributed by atoms with Crippen LogP contribution in [-0.4, -0.2) is 20.6 Å². The third kappa shape index (κ3) is 3.73. The summed E-state index contributed by atoms with van der Waals surface area (Å²) in [7, 11) is -2.54. The highest BCUT2D eigenvalue weighted by Gasteiger charge is 2.21. The second-order valence-electron chi connectivity index (χ2n) is 4.36. The predicted octanol–water partition coefficient (Wildman–Crippen LogP) is 3.40. The van der Waals surface area contributed by atoms with Crippen LogP contribution in [0.5, 0.6) is 5.75 Å². The van der Waals surface area contributed by atoms with Gasteiger partial charge in [-0.2, -0.15) is 0 Å². The van der Waals surface area contributed by atoms with Crippen LogP contribution in [0.2, 0.25) is 5.02 Å². The number of rotatable bonds is 5. The molecule has 0 aromatic heterocycles. The molecule has 2 aromatic rings. The highest BCUT2D eigenvalue weighted by molar-refractivity contribution is 9.10. The number of aliphatic hydroxyl groups is 1. The molecule has 0 amide bonds. The van der Waals surface area contributed by atoms with E-state index in [4.69, 9.17) is 16.3 Å². The van der Waals surface area contributed by atoms with E-state index in [1.54, 1.807) is 18.2 Å². The standard InChI is InChI=1S/C14H13BrClNO4S/c1-21-13-5-4-11(16)7-14(13)22(19,20)17-12-6-10(15)3-2-9(12)8-18/h2-7,17-18H,8H2,1H3. The van der Waals surface area contributed by atoms with E-state index in [1.165, 1.54) is 25.3 Å². The summed E-state index contributed by atoms with van der Waals surface area (Å²) in [6.07, 6.45) is 0. The summed E-state index contributed by atoms with van der Waals surface area (Å²) in [5, 5.41) is 9.60. The van der Waals surface area contributed by atoms with Gasteiger partial charge < -0.3 is 9.84 Å². The number of sulfonamides is 1. The molecule has 0 unspecified atom stereocenters. The van der Waals surface area contributed by atoms with Crippen LogP contribution < -0.4 is 9.46 Å². The average Bonchev–Trinajstić information content (AvgIpc) is 2.47. The van der Waals surface area contributed by atoms with Crippen LogP contribution in [0.4, 0.5) is 5.69 Å². The van der Waals surface area contributed by atoms with Gasteiger partial charge in [0.05, 0.1) is 19.4 Å². The summed E-state index contributed by atoms with van der Waals surface area (Å²) in [4.78, 5) is -0.0774. The van der Waals surface area contributed by atoms with Gasteiger partial charge in [-0.1, -0.05) is 33.6 Å². The van der Waals surface area contributed by atoms with Crippen molar-refractivity contribution in [2.75, 3.05) is 11.8 Å². The Labute approximate surface area is 142 Å². The van der Waals surface area contributed by atoms with Crippen molar-refractivity contribution in [1.29, 1.82) is 0 Å². The van der Waals surface area contributed by atoms with Gasteiger partial charge in [-0.3, -0.25) is 4.72 Å². The number of anilines is 1. The SMILES string of the molecule is COc1ccc(Cl)cc1S(=O)(=O)Nc1cc(Br)ccc1CO. The average molecular weight is 407 g/mol. The lowest BCUT2D eigenvalue weighted by molar-refractivity contribution is 0.282. The van der Waals surface area contributed by atoms with Crippen LogP contribution in [0.3, 0.4) is 0 Å². The van der Waals surface area contributed by atoms with Crippen LogP contribution in [0.15, 0.2) is 45.8 Å². The number of nitrogens with one attached hydrogen (secondary N) is 1. The van der Waals surface area contributed by atoms with Crippen molar-refractivity contribution >= 4 is 43.2 Å². The van der Waals surface area contributed by atoms with E-state index < -0.39 is 10.0 Å². The molecule has 0 saturated carbocycles. The Kier molecular flexibility index (Phi) is 5.33. The van der Waals surface area contributed by atoms with Gasteiger partial charge in [0.2, 0.25) is 0 Å². The summed E-state index contributed by atoms with van der Waals surface area (Å²) in [6, 6.07) is 9.22. The molecule has 0 saturated heterocycles. The summed E-state index contributed by atoms with van der Waals surface area (Å²) in [6.45, 7) is -0.294. The number of benzene rings is 2. The quantitative estimate of drug-likeness (QED) is 0.798. The molecule has 5 nitrogen and oxygen atoms in total. The summed E-state index contributed by atoms with van der Waals surface area (Å²) < 4.78 is 33.3. The molecule has 0 aliphatic rings. The normalized spacial score (nSPS) is 11.3. The zero-order chi connectivity index (χ0) is 16.3. The zero-order valence-corrected chi connectivity index (χ0v) is 14.7. The van der Waals surface area contributed by atoms with Crippen molar-refractivity contribution in [3.8, 4) is 5.75 Å². The molecular formula is C14H13BrClNO4S. The second-order valence-corrected chi connectivity index (χ2v) is 7.36. The van der Waals surface area contributed by atoms with Gasteiger partial charge in [0.15, 0.2) is 0 Å². The molecule has 0 spiro atoms. The lowest BCUT2D eigenvalue weighted by Gasteiger charge is -2.14. The van der Waals surface area contributed by atoms with Crippen LogP contribution in [0.25, 0.3) is 0 Å². The number of halogens is 2. The summed E-state index contributed by atoms with van der Waals surface area (Å²) in [5.74, 6) is 0.178. The smallest absolute Gasteiger partial charge is 0.265 e. The number of methoxy groups -OCH3 is 1. The van der Waals surface area contributed by atoms with E-state index >= 15 is 0 Å². The minimum Gasteiger partial charge on any atom is -0.495 e. The Hall–Kier alpha value is -1.28. The molecule has 0 aliphatic heterocycles. The van der Waals surface area contributed by atoms with Crippen LogP contribution >= 0.6 is 27.5 Å². The lowest BCUT2D eigenvalue weighted by Crippen LogP contribution is -2.15. The Morgan fingerprint density at radius 3 is 2.64 bits per heavy atom. The van der Waals surface area contributed by atoms with Crippen LogP contribution in [0, 0.1) is 0 Å². The summed E-state index contributed by atoms with van der Waals surface area (Å²) in [5.41, 5.74) is 0.728. The first-order valence-corrected chi connectivity index (χ1v) is 8.78. The van der Waals surface area contributed by atoms with Crippen LogP contribution in [-0.2, 0) is 16.6 Å². The molecule has 0 fully saturated rings. The van der Waals surface area contributed by atoms with E-state index in [0.717, 1.165) is 0 Å². The predicted molar refractivity (Wildman–Crippen MR) is 88.9 cm³/mol. The first-order chi connectivity index (χ1) is 10.4. The Balaban J connectivity index is 2.49. The molecule has 2 rings (SSSR count). The topological polar surface area (TPSA) is 75.6 Å². The van der Waals surface area contributed by atoms with Crippen molar-refractivity contribution in [3.63, 3.8) is 0 Å². The zero-order valence-electron chi connectivity index (χ0n) is 11.5. The fourth-order valence-electron chi connectivity index (χ4n) is 1.84. The van der Waals surface area contributed by atoms with Crippen molar-refractivity contribution < 1.29 is 18.3 Å². The molecular weight excluding hydrogens is 394 g/mol. The van der Waals surface area contributed by atoms with Gasteiger partial charge in [-0.15, -0.1) is 0 Å². The number of ether oxygens (including phenoxy) is 1. The minimum absolute atomic E-state index is 0.0774. The molecule has 2 aromatic carbocycles. The monoisotopic (exact) mass is 405 g/mol. The number of hydrogen-bond donors (Lipinski definition) is 2. The van der Waals surface area contributed by atoms with Gasteiger partial charge >= 0.3 is 0 Å². The van der Waals surface area contributed by atoms with Gasteiger partial charge in [0, 0.05) is 15.1 Å². The van der Waals surface area contributed by atoms with Gasteiger partial charge in [-0.25, -0.2) is 8.42 Å². The van der Waals surface area contributed by atoms with Gasteiger partial charge in [0.1, 0.15) is 10.6 Å². The van der Waals surface area contributed by atoms with Gasteiger partial charge in [0.25, 0.3) is 10.0 Å². The second kappa shape index (κ2) is 6.87. The third-order valence-electron chi connectivity index (χ3n) is 2.90. The summed E-state index contributed by atoms with van der Waals surface area (Å²) >= 11 is 9.14. The molecule has 118 valence electrons. The maximum absolute atomic E-state index is 12.6. The molecule has 0 heterocycles. The Morgan fingerprint density at radius 1 is 1.27 bits per heavy atom. The maximum Gasteiger partial charge on any atom is 0.265 e. The molecule has 22 heavy (non-hydrogen) atoms. The Bertz CT molecular complexity index is 795. The molecule has 2 N–H and O–H groups in total. The first-order valence-electron chi connectivity index (χ1n) is 6.13. The van der Waals surface area contributed by atoms with Crippen molar-refractivity contribution in [2.45, 2.75) is 11.5 Å². The van der Waals surface area contributed by atoms with Gasteiger partial charge in [-0.05, 0) is 30.3 Å². The van der Waals surface area contributed by atoms with Crippen molar-refractivity contribution in [1.82, 2.24) is 0 Å². The van der Waals surface area contributed by atoms with Crippen molar-refractivity contribution in [2.24, 2.45) is 0 Å². The van der Waals surface area contributed by atoms with Crippen LogP contribution in [0.1, 0.15) is 5.56 Å². The molecule has 0 aliphatic carbocycles. The van der Waals surface area contributed by atoms with E-state index in [2.05, 4.69) is 20.7 Å². The lowest BCUT2D eigenvalue weighted by atomic mass is 10.2. The minimum atomic E-state index is -3.92. The fraction of sp³-hybridized carbons (Fsp3) is 0.143. The van der Waals surface area contributed by atoms with E-state index in [1.807, 2.05) is 0 Å². The highest BCUT2D eigenvalue weighted by atomic mass is 79.9. The molecule has 0 radical (unpaired) electrons. The first kappa shape index (κ1) is 17.1. The molecule has 0 bridgehead atoms. The number of aliphatic hydroxyl groups excluding tert-OH is 1. The Morgan fingerprint density at radius 2 is 2.00 bits per heavy atom.